The zero-order chi connectivity index (χ0) is 52.2. The van der Waals surface area contributed by atoms with Crippen LogP contribution in [0.5, 0.6) is 0 Å². The number of phosphoric acid groups is 1. The Morgan fingerprint density at radius 1 is 0.507 bits per heavy atom. The molecule has 0 aliphatic heterocycles. The number of ether oxygens (including phenoxy) is 1. The van der Waals surface area contributed by atoms with Crippen molar-refractivity contribution in [2.75, 3.05) is 40.9 Å². The van der Waals surface area contributed by atoms with Crippen molar-refractivity contribution < 1.29 is 37.3 Å². The summed E-state index contributed by atoms with van der Waals surface area (Å²) < 4.78 is 30.1. The normalized spacial score (nSPS) is 15.1. The smallest absolute Gasteiger partial charge is 0.306 e. The lowest BCUT2D eigenvalue weighted by Gasteiger charge is -2.30. The summed E-state index contributed by atoms with van der Waals surface area (Å²) in [5, 5.41) is 2.97. The molecule has 71 heavy (non-hydrogen) atoms. The first kappa shape index (κ1) is 66.6. The van der Waals surface area contributed by atoms with Gasteiger partial charge in [-0.2, -0.15) is 0 Å². The molecule has 398 valence electrons. The van der Waals surface area contributed by atoms with Gasteiger partial charge in [0.1, 0.15) is 19.3 Å². The second-order valence-electron chi connectivity index (χ2n) is 18.6. The van der Waals surface area contributed by atoms with Crippen LogP contribution in [0, 0.1) is 0 Å². The number of allylic oxidation sites excluding steroid dienone is 25. The fourth-order valence-corrected chi connectivity index (χ4v) is 7.36. The molecule has 3 unspecified atom stereocenters. The summed E-state index contributed by atoms with van der Waals surface area (Å²) in [6.45, 7) is 6.42. The highest BCUT2D eigenvalue weighted by Gasteiger charge is 2.27. The van der Waals surface area contributed by atoms with E-state index >= 15 is 0 Å². The molecule has 0 aromatic carbocycles. The van der Waals surface area contributed by atoms with Gasteiger partial charge in [0.2, 0.25) is 5.91 Å². The number of likely N-dealkylation sites (N-methyl/N-ethyl adjacent to an activating group) is 1. The van der Waals surface area contributed by atoms with Gasteiger partial charge >= 0.3 is 5.97 Å². The first-order chi connectivity index (χ1) is 34.4. The second kappa shape index (κ2) is 49.2. The van der Waals surface area contributed by atoms with Crippen molar-refractivity contribution in [2.24, 2.45) is 0 Å². The largest absolute Gasteiger partial charge is 0.756 e. The summed E-state index contributed by atoms with van der Waals surface area (Å²) in [5.41, 5.74) is 0. The van der Waals surface area contributed by atoms with Crippen molar-refractivity contribution in [2.45, 2.75) is 174 Å². The lowest BCUT2D eigenvalue weighted by Crippen LogP contribution is -2.47. The van der Waals surface area contributed by atoms with E-state index < -0.39 is 32.5 Å². The third-order valence-electron chi connectivity index (χ3n) is 10.8. The summed E-state index contributed by atoms with van der Waals surface area (Å²) in [6, 6.07) is -0.942. The summed E-state index contributed by atoms with van der Waals surface area (Å²) >= 11 is 0. The molecule has 10 heteroatoms. The van der Waals surface area contributed by atoms with Crippen LogP contribution < -0.4 is 10.2 Å². The van der Waals surface area contributed by atoms with Gasteiger partial charge in [0.05, 0.1) is 33.8 Å². The van der Waals surface area contributed by atoms with Gasteiger partial charge in [-0.15, -0.1) is 0 Å². The quantitative estimate of drug-likeness (QED) is 0.0161. The molecule has 0 aromatic rings. The summed E-state index contributed by atoms with van der Waals surface area (Å²) in [5.74, 6) is -0.664. The van der Waals surface area contributed by atoms with E-state index in [1.54, 1.807) is 6.08 Å². The molecular weight excluding hydrogens is 904 g/mol. The minimum atomic E-state index is -4.73. The van der Waals surface area contributed by atoms with Crippen LogP contribution in [0.1, 0.15) is 162 Å². The minimum Gasteiger partial charge on any atom is -0.756 e. The van der Waals surface area contributed by atoms with Crippen LogP contribution in [-0.2, 0) is 27.9 Å². The Morgan fingerprint density at radius 2 is 0.901 bits per heavy atom. The summed E-state index contributed by atoms with van der Waals surface area (Å²) in [7, 11) is 1.09. The Morgan fingerprint density at radius 3 is 1.35 bits per heavy atom. The molecule has 3 atom stereocenters. The van der Waals surface area contributed by atoms with Gasteiger partial charge in [-0.1, -0.05) is 237 Å². The number of quaternary nitrogens is 1. The molecular formula is C61H97N2O7P. The van der Waals surface area contributed by atoms with Crippen LogP contribution in [0.3, 0.4) is 0 Å². The number of unbranched alkanes of at least 4 members (excludes halogenated alkanes) is 15. The van der Waals surface area contributed by atoms with E-state index in [9.17, 15) is 19.0 Å². The van der Waals surface area contributed by atoms with Crippen LogP contribution in [0.2, 0.25) is 0 Å². The van der Waals surface area contributed by atoms with E-state index in [0.29, 0.717) is 23.9 Å². The Hall–Kier alpha value is -4.37. The molecule has 0 fully saturated rings. The van der Waals surface area contributed by atoms with Crippen LogP contribution in [-0.4, -0.2) is 69.4 Å². The molecule has 0 aromatic heterocycles. The highest BCUT2D eigenvalue weighted by atomic mass is 31.2. The van der Waals surface area contributed by atoms with Gasteiger partial charge in [0.15, 0.2) is 0 Å². The van der Waals surface area contributed by atoms with Crippen LogP contribution >= 0.6 is 7.82 Å². The maximum absolute atomic E-state index is 13.4. The van der Waals surface area contributed by atoms with Crippen molar-refractivity contribution in [1.82, 2.24) is 5.32 Å². The van der Waals surface area contributed by atoms with Gasteiger partial charge in [0, 0.05) is 12.8 Å². The monoisotopic (exact) mass is 1000 g/mol. The highest BCUT2D eigenvalue weighted by molar-refractivity contribution is 7.45. The molecule has 0 aliphatic carbocycles. The third kappa shape index (κ3) is 50.4. The number of nitrogens with zero attached hydrogens (tertiary/aromatic N) is 1. The number of hydrogen-bond acceptors (Lipinski definition) is 7. The molecule has 0 saturated heterocycles. The van der Waals surface area contributed by atoms with Gasteiger partial charge in [-0.05, 0) is 70.3 Å². The second-order valence-corrected chi connectivity index (χ2v) is 20.0. The molecule has 9 nitrogen and oxygen atoms in total. The third-order valence-corrected chi connectivity index (χ3v) is 11.7. The number of esters is 1. The van der Waals surface area contributed by atoms with Crippen molar-refractivity contribution in [3.8, 4) is 0 Å². The fourth-order valence-electron chi connectivity index (χ4n) is 6.64. The first-order valence-electron chi connectivity index (χ1n) is 27.0. The SMILES string of the molecule is CC\C=C/C=C/C=C/C=C\C=C\C=C\CCCCCC(=O)NC(COP(=O)([O-])OCC[N+](C)(C)C)C(/C=C/CCCCCCCCCCC)OC(=O)CCCCC/C=C/C=C/C=C\C=C\C=C\C=C/CC. The molecule has 0 rings (SSSR count). The van der Waals surface area contributed by atoms with Gasteiger partial charge in [0.25, 0.3) is 7.82 Å². The number of carbonyl (C=O) groups is 2. The van der Waals surface area contributed by atoms with Gasteiger partial charge in [-0.25, -0.2) is 0 Å². The maximum Gasteiger partial charge on any atom is 0.306 e. The lowest BCUT2D eigenvalue weighted by molar-refractivity contribution is -0.870. The zero-order valence-corrected chi connectivity index (χ0v) is 46.0. The van der Waals surface area contributed by atoms with Crippen LogP contribution in [0.25, 0.3) is 0 Å². The van der Waals surface area contributed by atoms with Crippen molar-refractivity contribution >= 4 is 19.7 Å². The number of carbonyl (C=O) groups excluding carboxylic acids is 2. The van der Waals surface area contributed by atoms with Crippen molar-refractivity contribution in [3.05, 3.63) is 158 Å². The van der Waals surface area contributed by atoms with E-state index in [0.717, 1.165) is 70.6 Å². The Balaban J connectivity index is 5.59. The average Bonchev–Trinajstić information content (AvgIpc) is 3.33. The zero-order valence-electron chi connectivity index (χ0n) is 45.1. The maximum atomic E-state index is 13.4. The minimum absolute atomic E-state index is 0.0499. The predicted molar refractivity (Wildman–Crippen MR) is 302 cm³/mol. The van der Waals surface area contributed by atoms with Crippen molar-refractivity contribution in [1.29, 1.82) is 0 Å². The number of rotatable bonds is 45. The summed E-state index contributed by atoms with van der Waals surface area (Å²) in [4.78, 5) is 39.8. The Kier molecular flexibility index (Phi) is 46.2. The van der Waals surface area contributed by atoms with E-state index in [1.165, 1.54) is 44.9 Å². The molecule has 0 heterocycles. The van der Waals surface area contributed by atoms with E-state index in [4.69, 9.17) is 13.8 Å². The number of hydrogen-bond donors (Lipinski definition) is 1. The first-order valence-corrected chi connectivity index (χ1v) is 28.4. The Labute approximate surface area is 433 Å². The molecule has 1 amide bonds. The topological polar surface area (TPSA) is 114 Å². The van der Waals surface area contributed by atoms with E-state index in [2.05, 4.69) is 50.4 Å². The van der Waals surface area contributed by atoms with E-state index in [-0.39, 0.29) is 25.4 Å². The van der Waals surface area contributed by atoms with Crippen LogP contribution in [0.4, 0.5) is 0 Å². The molecule has 1 N–H and O–H groups in total. The number of nitrogens with one attached hydrogen (secondary N) is 1. The van der Waals surface area contributed by atoms with Gasteiger partial charge < -0.3 is 28.5 Å². The summed E-state index contributed by atoms with van der Waals surface area (Å²) in [6.07, 6.45) is 72.1. The van der Waals surface area contributed by atoms with Gasteiger partial charge in [-0.3, -0.25) is 14.2 Å². The lowest BCUT2D eigenvalue weighted by atomic mass is 10.1. The van der Waals surface area contributed by atoms with Crippen LogP contribution in [0.15, 0.2) is 158 Å². The van der Waals surface area contributed by atoms with Crippen molar-refractivity contribution in [3.63, 3.8) is 0 Å². The molecule has 0 bridgehead atoms. The predicted octanol–water partition coefficient (Wildman–Crippen LogP) is 15.5. The molecule has 0 spiro atoms. The number of amides is 1. The fraction of sp³-hybridized carbons (Fsp3) is 0.541. The molecule has 0 aliphatic rings. The molecule has 0 radical (unpaired) electrons. The number of phosphoric ester groups is 1. The Bertz CT molecular complexity index is 1770. The molecule has 0 saturated carbocycles. The standard InChI is InChI=1S/C61H97N2O7P/c1-7-10-13-16-19-22-25-27-29-31-33-35-38-41-44-47-50-53-60(64)62-58(57-69-71(66,67)68-56-55-63(4,5)6)59(52-49-46-43-40-37-24-21-18-15-12-9-3)70-61(65)54-51-48-45-42-39-36-34-32-30-28-26-23-20-17-14-11-8-2/h10-11,13-14,16-17,19-20,22-23,25-36,38-39,49,52,58-59H,7-9,12,15,18,21,24,37,40-48,50-51,53-57H2,1-6H3,(H-,62,64,66,67)/b13-10-,14-11-,19-16+,20-17+,25-22+,26-23+,29-27-,30-28-,33-31+,34-32+,38-35+,39-36+,52-49+. The van der Waals surface area contributed by atoms with E-state index in [1.807, 2.05) is 149 Å². The highest BCUT2D eigenvalue weighted by Crippen LogP contribution is 2.38. The average molecular weight is 1000 g/mol.